The Hall–Kier alpha value is -2.47. The van der Waals surface area contributed by atoms with Crippen molar-refractivity contribution in [3.63, 3.8) is 0 Å². The molecule has 0 fully saturated rings. The third-order valence-electron chi connectivity index (χ3n) is 5.92. The van der Waals surface area contributed by atoms with Crippen LogP contribution in [0.4, 0.5) is 0 Å². The first-order valence-electron chi connectivity index (χ1n) is 12.1. The van der Waals surface area contributed by atoms with Crippen LogP contribution >= 0.6 is 0 Å². The molecule has 1 amide bonds. The molecule has 5 atom stereocenters. The summed E-state index contributed by atoms with van der Waals surface area (Å²) in [5.41, 5.74) is 0.254. The van der Waals surface area contributed by atoms with E-state index in [1.165, 1.54) is 6.08 Å². The van der Waals surface area contributed by atoms with Crippen LogP contribution in [0, 0.1) is 5.92 Å². The number of hydrogen-bond donors (Lipinski definition) is 3. The Morgan fingerprint density at radius 3 is 2.53 bits per heavy atom. The van der Waals surface area contributed by atoms with E-state index < -0.39 is 17.8 Å². The number of methoxy groups -OCH3 is 1. The molecule has 0 aromatic rings. The van der Waals surface area contributed by atoms with Crippen LogP contribution in [0.3, 0.4) is 0 Å². The molecule has 1 aliphatic rings. The number of aliphatic hydroxyl groups excluding tert-OH is 2. The Labute approximate surface area is 206 Å². The SMILES string of the molecule is CCC/C=C/CC1C/C=C/C(C)(OC)C(C)/C=C/C=C\C(O)C(O)\C=C(C)/C=C/C=C/C(=O)N1. The van der Waals surface area contributed by atoms with Crippen molar-refractivity contribution in [1.29, 1.82) is 0 Å². The van der Waals surface area contributed by atoms with Crippen molar-refractivity contribution in [2.75, 3.05) is 7.11 Å². The second-order valence-electron chi connectivity index (χ2n) is 8.90. The summed E-state index contributed by atoms with van der Waals surface area (Å²) in [5, 5.41) is 23.5. The van der Waals surface area contributed by atoms with E-state index >= 15 is 0 Å². The van der Waals surface area contributed by atoms with Crippen LogP contribution < -0.4 is 5.32 Å². The summed E-state index contributed by atoms with van der Waals surface area (Å²) < 4.78 is 5.80. The summed E-state index contributed by atoms with van der Waals surface area (Å²) >= 11 is 0. The molecule has 1 rings (SSSR count). The number of nitrogens with one attached hydrogen (secondary N) is 1. The van der Waals surface area contributed by atoms with E-state index in [4.69, 9.17) is 4.74 Å². The lowest BCUT2D eigenvalue weighted by Crippen LogP contribution is -2.34. The van der Waals surface area contributed by atoms with Gasteiger partial charge in [-0.1, -0.05) is 98.8 Å². The van der Waals surface area contributed by atoms with E-state index in [9.17, 15) is 15.0 Å². The summed E-state index contributed by atoms with van der Waals surface area (Å²) in [7, 11) is 1.68. The van der Waals surface area contributed by atoms with Gasteiger partial charge in [0.25, 0.3) is 0 Å². The van der Waals surface area contributed by atoms with Gasteiger partial charge in [-0.2, -0.15) is 0 Å². The van der Waals surface area contributed by atoms with E-state index in [0.717, 1.165) is 24.8 Å². The van der Waals surface area contributed by atoms with Crippen LogP contribution in [0.25, 0.3) is 0 Å². The molecule has 0 aromatic carbocycles. The zero-order valence-electron chi connectivity index (χ0n) is 21.4. The predicted molar refractivity (Wildman–Crippen MR) is 141 cm³/mol. The second-order valence-corrected chi connectivity index (χ2v) is 8.90. The minimum Gasteiger partial charge on any atom is -0.386 e. The topological polar surface area (TPSA) is 78.8 Å². The van der Waals surface area contributed by atoms with Crippen molar-refractivity contribution in [3.8, 4) is 0 Å². The van der Waals surface area contributed by atoms with Crippen LogP contribution in [-0.2, 0) is 9.53 Å². The number of aliphatic hydroxyl groups is 2. The first-order chi connectivity index (χ1) is 16.2. The molecule has 3 N–H and O–H groups in total. The maximum absolute atomic E-state index is 12.5. The molecule has 0 aromatic heterocycles. The fourth-order valence-corrected chi connectivity index (χ4v) is 3.37. The van der Waals surface area contributed by atoms with Gasteiger partial charge >= 0.3 is 0 Å². The molecule has 0 aliphatic carbocycles. The van der Waals surface area contributed by atoms with E-state index in [1.54, 1.807) is 43.6 Å². The van der Waals surface area contributed by atoms with Gasteiger partial charge in [-0.3, -0.25) is 4.79 Å². The average molecular weight is 470 g/mol. The van der Waals surface area contributed by atoms with Crippen LogP contribution in [0.1, 0.15) is 53.4 Å². The van der Waals surface area contributed by atoms with Crippen molar-refractivity contribution in [3.05, 3.63) is 84.6 Å². The third-order valence-corrected chi connectivity index (χ3v) is 5.92. The Morgan fingerprint density at radius 2 is 1.82 bits per heavy atom. The van der Waals surface area contributed by atoms with Crippen LogP contribution in [-0.4, -0.2) is 47.1 Å². The van der Waals surface area contributed by atoms with Gasteiger partial charge in [-0.25, -0.2) is 0 Å². The maximum Gasteiger partial charge on any atom is 0.244 e. The van der Waals surface area contributed by atoms with Gasteiger partial charge in [0.1, 0.15) is 12.2 Å². The molecule has 1 heterocycles. The number of carbonyl (C=O) groups is 1. The molecule has 0 bridgehead atoms. The normalized spacial score (nSPS) is 36.1. The van der Waals surface area contributed by atoms with E-state index in [1.807, 2.05) is 32.1 Å². The standard InChI is InChI=1S/C29H43NO4/c1-6-7-8-9-17-25-18-14-21-29(4,34-5)24(3)16-11-12-19-26(31)27(32)22-23(2)15-10-13-20-28(33)30-25/h8-16,19-22,24-27,31-32H,6-7,17-18H2,1-5H3,(H,30,33)/b9-8+,15-10+,16-11+,19-12-,20-13+,21-14+,23-22-. The minimum absolute atomic E-state index is 0.0239. The molecule has 0 saturated heterocycles. The molecule has 5 unspecified atom stereocenters. The fourth-order valence-electron chi connectivity index (χ4n) is 3.37. The Balaban J connectivity index is 3.18. The molecular formula is C29H43NO4. The molecule has 0 radical (unpaired) electrons. The number of rotatable bonds is 5. The van der Waals surface area contributed by atoms with Crippen LogP contribution in [0.15, 0.2) is 84.6 Å². The molecule has 188 valence electrons. The van der Waals surface area contributed by atoms with Gasteiger partial charge in [-0.15, -0.1) is 0 Å². The van der Waals surface area contributed by atoms with Gasteiger partial charge in [0.05, 0.1) is 5.60 Å². The lowest BCUT2D eigenvalue weighted by atomic mass is 9.89. The summed E-state index contributed by atoms with van der Waals surface area (Å²) in [4.78, 5) is 12.5. The lowest BCUT2D eigenvalue weighted by Gasteiger charge is -2.30. The fraction of sp³-hybridized carbons (Fsp3) is 0.483. The number of unbranched alkanes of at least 4 members (excludes halogenated alkanes) is 1. The monoisotopic (exact) mass is 469 g/mol. The van der Waals surface area contributed by atoms with Gasteiger partial charge in [0.2, 0.25) is 5.91 Å². The maximum atomic E-state index is 12.5. The molecule has 1 aliphatic heterocycles. The molecule has 34 heavy (non-hydrogen) atoms. The first kappa shape index (κ1) is 29.6. The Bertz CT molecular complexity index is 818. The molecular weight excluding hydrogens is 426 g/mol. The third kappa shape index (κ3) is 11.6. The molecule has 5 heteroatoms. The van der Waals surface area contributed by atoms with Gasteiger partial charge in [-0.05, 0) is 33.1 Å². The smallest absolute Gasteiger partial charge is 0.244 e. The van der Waals surface area contributed by atoms with Crippen LogP contribution in [0.2, 0.25) is 0 Å². The number of hydrogen-bond acceptors (Lipinski definition) is 4. The van der Waals surface area contributed by atoms with Crippen LogP contribution in [0.5, 0.6) is 0 Å². The summed E-state index contributed by atoms with van der Waals surface area (Å²) in [5.74, 6) is -0.104. The van der Waals surface area contributed by atoms with Crippen molar-refractivity contribution in [2.45, 2.75) is 77.2 Å². The van der Waals surface area contributed by atoms with E-state index in [-0.39, 0.29) is 17.9 Å². The van der Waals surface area contributed by atoms with Crippen molar-refractivity contribution in [1.82, 2.24) is 5.32 Å². The highest BCUT2D eigenvalue weighted by Gasteiger charge is 2.26. The number of ether oxygens (including phenoxy) is 1. The number of carbonyl (C=O) groups excluding carboxylic acids is 1. The largest absolute Gasteiger partial charge is 0.386 e. The van der Waals surface area contributed by atoms with Crippen molar-refractivity contribution < 1.29 is 19.7 Å². The first-order valence-corrected chi connectivity index (χ1v) is 12.1. The summed E-state index contributed by atoms with van der Waals surface area (Å²) in [6, 6.07) is -0.0239. The van der Waals surface area contributed by atoms with Gasteiger partial charge in [0.15, 0.2) is 0 Å². The molecule has 0 saturated carbocycles. The molecule has 0 spiro atoms. The lowest BCUT2D eigenvalue weighted by molar-refractivity contribution is -0.117. The van der Waals surface area contributed by atoms with Gasteiger partial charge < -0.3 is 20.3 Å². The summed E-state index contributed by atoms with van der Waals surface area (Å²) in [6.07, 6.45) is 25.3. The number of amides is 1. The minimum atomic E-state index is -1.03. The van der Waals surface area contributed by atoms with E-state index in [0.29, 0.717) is 6.42 Å². The molecule has 5 nitrogen and oxygen atoms in total. The van der Waals surface area contributed by atoms with Crippen molar-refractivity contribution >= 4 is 5.91 Å². The van der Waals surface area contributed by atoms with E-state index in [2.05, 4.69) is 37.4 Å². The Morgan fingerprint density at radius 1 is 1.12 bits per heavy atom. The quantitative estimate of drug-likeness (QED) is 0.489. The highest BCUT2D eigenvalue weighted by molar-refractivity contribution is 5.88. The zero-order valence-corrected chi connectivity index (χ0v) is 21.4. The summed E-state index contributed by atoms with van der Waals surface area (Å²) in [6.45, 7) is 8.05. The average Bonchev–Trinajstić information content (AvgIpc) is 2.80. The highest BCUT2D eigenvalue weighted by Crippen LogP contribution is 2.24. The van der Waals surface area contributed by atoms with Gasteiger partial charge in [0, 0.05) is 25.1 Å². The predicted octanol–water partition coefficient (Wildman–Crippen LogP) is 5.11. The zero-order chi connectivity index (χ0) is 25.4. The Kier molecular flexibility index (Phi) is 14.1. The van der Waals surface area contributed by atoms with Crippen molar-refractivity contribution in [2.24, 2.45) is 5.92 Å². The number of allylic oxidation sites excluding steroid dienone is 7. The second kappa shape index (κ2) is 16.2. The highest BCUT2D eigenvalue weighted by atomic mass is 16.5.